The summed E-state index contributed by atoms with van der Waals surface area (Å²) in [6.45, 7) is 0. The lowest BCUT2D eigenvalue weighted by Crippen LogP contribution is -2.34. The Balaban J connectivity index is 2.10. The molecule has 2 fully saturated rings. The molecule has 3 rings (SSSR count). The third-order valence-electron chi connectivity index (χ3n) is 4.60. The number of Topliss-reactive ketones (excluding diaryl/α,β-unsaturated/α-hetero) is 1. The fourth-order valence-electron chi connectivity index (χ4n) is 3.55. The zero-order chi connectivity index (χ0) is 16.0. The molecule has 1 aromatic rings. The van der Waals surface area contributed by atoms with Crippen LogP contribution in [0, 0.1) is 24.2 Å². The van der Waals surface area contributed by atoms with Crippen LogP contribution in [-0.2, 0) is 14.4 Å². The van der Waals surface area contributed by atoms with E-state index >= 15 is 0 Å². The van der Waals surface area contributed by atoms with Gasteiger partial charge in [0.15, 0.2) is 0 Å². The van der Waals surface area contributed by atoms with E-state index in [2.05, 4.69) is 5.92 Å². The molecule has 2 amide bonds. The molecule has 0 N–H and O–H groups in total. The van der Waals surface area contributed by atoms with Crippen molar-refractivity contribution >= 4 is 29.2 Å². The Morgan fingerprint density at radius 2 is 1.86 bits per heavy atom. The van der Waals surface area contributed by atoms with Gasteiger partial charge in [-0.1, -0.05) is 23.6 Å². The van der Waals surface area contributed by atoms with E-state index in [0.717, 1.165) is 10.5 Å². The maximum atomic E-state index is 12.4. The second-order valence-electron chi connectivity index (χ2n) is 5.80. The number of rotatable bonds is 1. The number of fused-ring (bicyclic) bond motifs is 1. The van der Waals surface area contributed by atoms with E-state index < -0.39 is 11.8 Å². The lowest BCUT2D eigenvalue weighted by atomic mass is 9.69. The molecule has 0 unspecified atom stereocenters. The van der Waals surface area contributed by atoms with E-state index in [1.165, 1.54) is 7.05 Å². The smallest absolute Gasteiger partial charge is 0.233 e. The van der Waals surface area contributed by atoms with Crippen molar-refractivity contribution in [2.75, 3.05) is 7.05 Å². The molecule has 112 valence electrons. The molecule has 1 aliphatic heterocycles. The molecule has 1 aromatic carbocycles. The van der Waals surface area contributed by atoms with E-state index in [4.69, 9.17) is 18.0 Å². The number of imide groups is 1. The zero-order valence-corrected chi connectivity index (χ0v) is 12.8. The molecule has 1 heterocycles. The Bertz CT molecular complexity index is 734. The highest BCUT2D eigenvalue weighted by Crippen LogP contribution is 2.46. The first-order chi connectivity index (χ1) is 10.4. The van der Waals surface area contributed by atoms with E-state index in [9.17, 15) is 14.4 Å². The van der Waals surface area contributed by atoms with Crippen molar-refractivity contribution in [3.8, 4) is 12.3 Å². The number of benzene rings is 1. The van der Waals surface area contributed by atoms with Crippen molar-refractivity contribution in [3.05, 3.63) is 34.3 Å². The topological polar surface area (TPSA) is 54.5 Å². The number of amides is 2. The van der Waals surface area contributed by atoms with Gasteiger partial charge in [-0.15, -0.1) is 6.42 Å². The lowest BCUT2D eigenvalue weighted by Gasteiger charge is -2.30. The average molecular weight is 316 g/mol. The molecule has 2 aliphatic rings. The summed E-state index contributed by atoms with van der Waals surface area (Å²) in [5.41, 5.74) is 1.31. The monoisotopic (exact) mass is 315 g/mol. The molecule has 0 radical (unpaired) electrons. The molecule has 0 bridgehead atoms. The standard InChI is InChI=1S/C17H14ClNO3/c1-3-9-6-10(18)4-5-12(9)13-7-11(20)8-14-15(13)17(22)19(2)16(14)21/h1,4-6,13-15H,7-8H2,2H3/t13-,14-,15+/m1/s1. The van der Waals surface area contributed by atoms with Crippen LogP contribution in [0.4, 0.5) is 0 Å². The van der Waals surface area contributed by atoms with Crippen LogP contribution in [0.1, 0.15) is 29.9 Å². The van der Waals surface area contributed by atoms with Crippen molar-refractivity contribution in [2.45, 2.75) is 18.8 Å². The number of halogens is 1. The first kappa shape index (κ1) is 14.8. The Hall–Kier alpha value is -2.12. The van der Waals surface area contributed by atoms with Gasteiger partial charge in [0.25, 0.3) is 0 Å². The van der Waals surface area contributed by atoms with Crippen LogP contribution in [-0.4, -0.2) is 29.5 Å². The molecular formula is C17H14ClNO3. The highest BCUT2D eigenvalue weighted by Gasteiger charge is 2.53. The molecule has 1 saturated carbocycles. The van der Waals surface area contributed by atoms with Crippen LogP contribution in [0.25, 0.3) is 0 Å². The van der Waals surface area contributed by atoms with E-state index in [1.807, 2.05) is 0 Å². The minimum atomic E-state index is -0.565. The third kappa shape index (κ3) is 2.13. The van der Waals surface area contributed by atoms with E-state index in [-0.39, 0.29) is 36.4 Å². The molecule has 1 aliphatic carbocycles. The second kappa shape index (κ2) is 5.26. The molecule has 0 aromatic heterocycles. The van der Waals surface area contributed by atoms with Gasteiger partial charge >= 0.3 is 0 Å². The van der Waals surface area contributed by atoms with Crippen LogP contribution < -0.4 is 0 Å². The highest BCUT2D eigenvalue weighted by atomic mass is 35.5. The number of carbonyl (C=O) groups is 3. The number of carbonyl (C=O) groups excluding carboxylic acids is 3. The molecule has 3 atom stereocenters. The maximum absolute atomic E-state index is 12.4. The van der Waals surface area contributed by atoms with Crippen molar-refractivity contribution in [1.82, 2.24) is 4.90 Å². The summed E-state index contributed by atoms with van der Waals surface area (Å²) in [5.74, 6) is 0.602. The summed E-state index contributed by atoms with van der Waals surface area (Å²) >= 11 is 5.96. The lowest BCUT2D eigenvalue weighted by molar-refractivity contribution is -0.138. The predicted molar refractivity (Wildman–Crippen MR) is 81.1 cm³/mol. The quantitative estimate of drug-likeness (QED) is 0.588. The van der Waals surface area contributed by atoms with Crippen LogP contribution in [0.15, 0.2) is 18.2 Å². The maximum Gasteiger partial charge on any atom is 0.233 e. The van der Waals surface area contributed by atoms with Gasteiger partial charge in [0.05, 0.1) is 11.8 Å². The van der Waals surface area contributed by atoms with Crippen molar-refractivity contribution in [1.29, 1.82) is 0 Å². The molecule has 22 heavy (non-hydrogen) atoms. The van der Waals surface area contributed by atoms with Gasteiger partial charge in [-0.3, -0.25) is 19.3 Å². The first-order valence-electron chi connectivity index (χ1n) is 7.03. The normalized spacial score (nSPS) is 27.8. The van der Waals surface area contributed by atoms with Crippen molar-refractivity contribution < 1.29 is 14.4 Å². The Kier molecular flexibility index (Phi) is 3.54. The van der Waals surface area contributed by atoms with E-state index in [0.29, 0.717) is 10.6 Å². The van der Waals surface area contributed by atoms with Crippen LogP contribution in [0.5, 0.6) is 0 Å². The van der Waals surface area contributed by atoms with Gasteiger partial charge in [-0.25, -0.2) is 0 Å². The number of terminal acetylenes is 1. The van der Waals surface area contributed by atoms with Gasteiger partial charge in [0.2, 0.25) is 11.8 Å². The summed E-state index contributed by atoms with van der Waals surface area (Å²) in [5, 5.41) is 0.501. The van der Waals surface area contributed by atoms with Crippen LogP contribution in [0.3, 0.4) is 0 Å². The summed E-state index contributed by atoms with van der Waals surface area (Å²) in [7, 11) is 1.47. The summed E-state index contributed by atoms with van der Waals surface area (Å²) in [6, 6.07) is 5.10. The van der Waals surface area contributed by atoms with Crippen molar-refractivity contribution in [3.63, 3.8) is 0 Å². The fraction of sp³-hybridized carbons (Fsp3) is 0.353. The van der Waals surface area contributed by atoms with Gasteiger partial charge in [0.1, 0.15) is 5.78 Å². The summed E-state index contributed by atoms with van der Waals surface area (Å²) in [6.07, 6.45) is 5.89. The third-order valence-corrected chi connectivity index (χ3v) is 4.83. The molecule has 1 saturated heterocycles. The van der Waals surface area contributed by atoms with Gasteiger partial charge in [-0.2, -0.15) is 0 Å². The zero-order valence-electron chi connectivity index (χ0n) is 12.0. The van der Waals surface area contributed by atoms with Gasteiger partial charge in [0, 0.05) is 36.4 Å². The van der Waals surface area contributed by atoms with Crippen molar-refractivity contribution in [2.24, 2.45) is 11.8 Å². The number of hydrogen-bond acceptors (Lipinski definition) is 3. The number of hydrogen-bond donors (Lipinski definition) is 0. The summed E-state index contributed by atoms with van der Waals surface area (Å²) in [4.78, 5) is 37.8. The molecule has 0 spiro atoms. The fourth-order valence-corrected chi connectivity index (χ4v) is 3.73. The number of nitrogens with zero attached hydrogens (tertiary/aromatic N) is 1. The Morgan fingerprint density at radius 3 is 2.55 bits per heavy atom. The molecule has 5 heteroatoms. The SMILES string of the molecule is C#Cc1cc(Cl)ccc1[C@H]1CC(=O)C[C@H]2C(=O)N(C)C(=O)[C@@H]12. The van der Waals surface area contributed by atoms with Gasteiger partial charge < -0.3 is 0 Å². The first-order valence-corrected chi connectivity index (χ1v) is 7.41. The Morgan fingerprint density at radius 1 is 1.18 bits per heavy atom. The van der Waals surface area contributed by atoms with E-state index in [1.54, 1.807) is 18.2 Å². The second-order valence-corrected chi connectivity index (χ2v) is 6.23. The van der Waals surface area contributed by atoms with Crippen LogP contribution >= 0.6 is 11.6 Å². The number of ketones is 1. The van der Waals surface area contributed by atoms with Gasteiger partial charge in [-0.05, 0) is 17.7 Å². The molecular weight excluding hydrogens is 302 g/mol. The largest absolute Gasteiger partial charge is 0.300 e. The summed E-state index contributed by atoms with van der Waals surface area (Å²) < 4.78 is 0. The van der Waals surface area contributed by atoms with Crippen LogP contribution in [0.2, 0.25) is 5.02 Å². The minimum absolute atomic E-state index is 0.0133. The predicted octanol–water partition coefficient (Wildman–Crippen LogP) is 2.00. The highest BCUT2D eigenvalue weighted by molar-refractivity contribution is 6.30. The molecule has 4 nitrogen and oxygen atoms in total. The average Bonchev–Trinajstić information content (AvgIpc) is 2.71. The number of likely N-dealkylation sites (tertiary alicyclic amines) is 1. The minimum Gasteiger partial charge on any atom is -0.300 e. The Labute approximate surface area is 133 Å².